The van der Waals surface area contributed by atoms with E-state index in [9.17, 15) is 14.9 Å². The number of hydrogen-bond donors (Lipinski definition) is 2. The second kappa shape index (κ2) is 10.2. The molecule has 0 aliphatic heterocycles. The molecule has 3 aromatic carbocycles. The third kappa shape index (κ3) is 5.44. The van der Waals surface area contributed by atoms with Gasteiger partial charge in [0, 0.05) is 5.69 Å². The number of nitriles is 1. The van der Waals surface area contributed by atoms with Crippen LogP contribution < -0.4 is 5.32 Å². The summed E-state index contributed by atoms with van der Waals surface area (Å²) in [6, 6.07) is 20.7. The Balaban J connectivity index is 1.38. The van der Waals surface area contributed by atoms with Crippen LogP contribution >= 0.6 is 23.2 Å². The number of fused-ring (bicyclic) bond motifs is 1. The number of amides is 1. The third-order valence-electron chi connectivity index (χ3n) is 4.76. The lowest BCUT2D eigenvalue weighted by atomic mass is 10.1. The summed E-state index contributed by atoms with van der Waals surface area (Å²) < 4.78 is 5.07. The van der Waals surface area contributed by atoms with Crippen LogP contribution in [-0.4, -0.2) is 28.5 Å². The van der Waals surface area contributed by atoms with Crippen LogP contribution in [0.2, 0.25) is 10.0 Å². The summed E-state index contributed by atoms with van der Waals surface area (Å²) >= 11 is 11.8. The smallest absolute Gasteiger partial charge is 0.338 e. The fourth-order valence-corrected chi connectivity index (χ4v) is 3.40. The molecule has 0 saturated heterocycles. The number of esters is 1. The molecule has 0 fully saturated rings. The zero-order valence-corrected chi connectivity index (χ0v) is 19.0. The molecule has 168 valence electrons. The van der Waals surface area contributed by atoms with Crippen LogP contribution in [0.1, 0.15) is 21.7 Å². The Morgan fingerprint density at radius 3 is 2.53 bits per heavy atom. The van der Waals surface area contributed by atoms with Crippen LogP contribution in [-0.2, 0) is 9.53 Å². The number of halogens is 2. The summed E-state index contributed by atoms with van der Waals surface area (Å²) in [6.45, 7) is -0.467. The summed E-state index contributed by atoms with van der Waals surface area (Å²) in [7, 11) is 0. The fourth-order valence-electron chi connectivity index (χ4n) is 3.10. The first-order valence-electron chi connectivity index (χ1n) is 10.0. The van der Waals surface area contributed by atoms with Crippen LogP contribution in [0.15, 0.2) is 66.7 Å². The number of anilines is 1. The normalized spacial score (nSPS) is 11.1. The minimum absolute atomic E-state index is 0.265. The van der Waals surface area contributed by atoms with Crippen molar-refractivity contribution in [3.05, 3.63) is 93.7 Å². The molecule has 0 saturated carbocycles. The number of nitrogens with zero attached hydrogens (tertiary/aromatic N) is 2. The predicted molar refractivity (Wildman–Crippen MR) is 131 cm³/mol. The highest BCUT2D eigenvalue weighted by molar-refractivity contribution is 6.42. The van der Waals surface area contributed by atoms with Gasteiger partial charge in [0.15, 0.2) is 6.61 Å². The number of carbonyl (C=O) groups is 2. The van der Waals surface area contributed by atoms with Gasteiger partial charge in [-0.2, -0.15) is 5.26 Å². The summed E-state index contributed by atoms with van der Waals surface area (Å²) in [5.74, 6) is -0.714. The first kappa shape index (κ1) is 23.1. The van der Waals surface area contributed by atoms with Gasteiger partial charge in [-0.3, -0.25) is 4.79 Å². The minimum Gasteiger partial charge on any atom is -0.452 e. The average Bonchev–Trinajstić information content (AvgIpc) is 3.28. The highest BCUT2D eigenvalue weighted by Gasteiger charge is 2.12. The molecule has 0 aliphatic carbocycles. The van der Waals surface area contributed by atoms with Crippen LogP contribution in [0.3, 0.4) is 0 Å². The van der Waals surface area contributed by atoms with Crippen molar-refractivity contribution in [3.8, 4) is 6.07 Å². The minimum atomic E-state index is -0.655. The number of aromatic nitrogens is 2. The van der Waals surface area contributed by atoms with E-state index in [4.69, 9.17) is 27.9 Å². The first-order valence-corrected chi connectivity index (χ1v) is 10.8. The van der Waals surface area contributed by atoms with E-state index >= 15 is 0 Å². The van der Waals surface area contributed by atoms with E-state index in [1.807, 2.05) is 24.3 Å². The maximum atomic E-state index is 12.3. The van der Waals surface area contributed by atoms with Gasteiger partial charge in [-0.05, 0) is 54.1 Å². The van der Waals surface area contributed by atoms with E-state index in [0.29, 0.717) is 32.7 Å². The van der Waals surface area contributed by atoms with Gasteiger partial charge in [-0.25, -0.2) is 9.78 Å². The van der Waals surface area contributed by atoms with Crippen LogP contribution in [0.25, 0.3) is 22.7 Å². The SMILES string of the molecule is N#C/C(=C\c1ccc(C(=O)OCC(=O)Nc2ccc(Cl)c(Cl)c2)cc1)c1nc2ccccc2[nH]1. The number of rotatable bonds is 6. The largest absolute Gasteiger partial charge is 0.452 e. The van der Waals surface area contributed by atoms with Crippen LogP contribution in [0, 0.1) is 11.3 Å². The molecule has 0 unspecified atom stereocenters. The Morgan fingerprint density at radius 1 is 1.06 bits per heavy atom. The second-order valence-electron chi connectivity index (χ2n) is 7.15. The number of allylic oxidation sites excluding steroid dienone is 1. The molecule has 9 heteroatoms. The Morgan fingerprint density at radius 2 is 1.82 bits per heavy atom. The fraction of sp³-hybridized carbons (Fsp3) is 0.0400. The number of hydrogen-bond acceptors (Lipinski definition) is 5. The summed E-state index contributed by atoms with van der Waals surface area (Å²) in [5, 5.41) is 12.8. The van der Waals surface area contributed by atoms with Crippen molar-refractivity contribution in [1.29, 1.82) is 5.26 Å². The van der Waals surface area contributed by atoms with E-state index in [1.165, 1.54) is 6.07 Å². The van der Waals surface area contributed by atoms with Crippen LogP contribution in [0.4, 0.5) is 5.69 Å². The zero-order chi connectivity index (χ0) is 24.1. The maximum Gasteiger partial charge on any atom is 0.338 e. The molecule has 1 heterocycles. The third-order valence-corrected chi connectivity index (χ3v) is 5.50. The summed E-state index contributed by atoms with van der Waals surface area (Å²) in [6.07, 6.45) is 1.66. The van der Waals surface area contributed by atoms with Crippen molar-refractivity contribution in [2.75, 3.05) is 11.9 Å². The number of ether oxygens (including phenoxy) is 1. The van der Waals surface area contributed by atoms with Crippen molar-refractivity contribution in [2.45, 2.75) is 0 Å². The van der Waals surface area contributed by atoms with Gasteiger partial charge < -0.3 is 15.0 Å². The van der Waals surface area contributed by atoms with E-state index in [0.717, 1.165) is 11.0 Å². The van der Waals surface area contributed by atoms with Gasteiger partial charge in [-0.1, -0.05) is 47.5 Å². The molecular weight excluding hydrogens is 475 g/mol. The highest BCUT2D eigenvalue weighted by Crippen LogP contribution is 2.25. The highest BCUT2D eigenvalue weighted by atomic mass is 35.5. The van der Waals surface area contributed by atoms with Gasteiger partial charge in [0.1, 0.15) is 11.9 Å². The quantitative estimate of drug-likeness (QED) is 0.265. The lowest BCUT2D eigenvalue weighted by molar-refractivity contribution is -0.119. The van der Waals surface area contributed by atoms with Gasteiger partial charge in [0.05, 0.1) is 32.2 Å². The molecule has 0 spiro atoms. The molecule has 4 rings (SSSR count). The number of carbonyl (C=O) groups excluding carboxylic acids is 2. The lowest BCUT2D eigenvalue weighted by Crippen LogP contribution is -2.20. The Labute approximate surface area is 204 Å². The first-order chi connectivity index (χ1) is 16.4. The van der Waals surface area contributed by atoms with Crippen molar-refractivity contribution < 1.29 is 14.3 Å². The number of nitrogens with one attached hydrogen (secondary N) is 2. The number of para-hydroxylation sites is 2. The topological polar surface area (TPSA) is 108 Å². The molecule has 2 N–H and O–H groups in total. The number of H-pyrrole nitrogens is 1. The van der Waals surface area contributed by atoms with Crippen molar-refractivity contribution in [2.24, 2.45) is 0 Å². The molecule has 1 amide bonds. The predicted octanol–water partition coefficient (Wildman–Crippen LogP) is 5.73. The lowest BCUT2D eigenvalue weighted by Gasteiger charge is -2.07. The van der Waals surface area contributed by atoms with E-state index in [2.05, 4.69) is 21.4 Å². The number of aromatic amines is 1. The van der Waals surface area contributed by atoms with Crippen LogP contribution in [0.5, 0.6) is 0 Å². The maximum absolute atomic E-state index is 12.3. The molecule has 0 bridgehead atoms. The Kier molecular flexibility index (Phi) is 6.93. The number of benzene rings is 3. The molecule has 0 radical (unpaired) electrons. The molecule has 0 aliphatic rings. The molecule has 0 atom stereocenters. The van der Waals surface area contributed by atoms with Gasteiger partial charge in [-0.15, -0.1) is 0 Å². The standard InChI is InChI=1S/C25H16Cl2N4O3/c26-19-10-9-18(12-20(19)27)29-23(32)14-34-25(33)16-7-5-15(6-8-16)11-17(13-28)24-30-21-3-1-2-4-22(21)31-24/h1-12H,14H2,(H,29,32)(H,30,31)/b17-11+. The molecule has 1 aromatic heterocycles. The van der Waals surface area contributed by atoms with E-state index in [-0.39, 0.29) is 5.56 Å². The summed E-state index contributed by atoms with van der Waals surface area (Å²) in [5.41, 5.74) is 3.35. The number of imidazole rings is 1. The summed E-state index contributed by atoms with van der Waals surface area (Å²) in [4.78, 5) is 31.9. The molecular formula is C25H16Cl2N4O3. The molecule has 4 aromatic rings. The van der Waals surface area contributed by atoms with E-state index in [1.54, 1.807) is 42.5 Å². The van der Waals surface area contributed by atoms with Crippen molar-refractivity contribution in [3.63, 3.8) is 0 Å². The van der Waals surface area contributed by atoms with E-state index < -0.39 is 18.5 Å². The molecule has 7 nitrogen and oxygen atoms in total. The average molecular weight is 491 g/mol. The van der Waals surface area contributed by atoms with Gasteiger partial charge in [0.25, 0.3) is 5.91 Å². The van der Waals surface area contributed by atoms with Gasteiger partial charge in [0.2, 0.25) is 0 Å². The molecule has 34 heavy (non-hydrogen) atoms. The Hall–Kier alpha value is -4.12. The van der Waals surface area contributed by atoms with Crippen molar-refractivity contribution >= 4 is 63.4 Å². The van der Waals surface area contributed by atoms with Gasteiger partial charge >= 0.3 is 5.97 Å². The monoisotopic (exact) mass is 490 g/mol. The Bertz CT molecular complexity index is 1420. The second-order valence-corrected chi connectivity index (χ2v) is 7.96. The zero-order valence-electron chi connectivity index (χ0n) is 17.5. The van der Waals surface area contributed by atoms with Crippen molar-refractivity contribution in [1.82, 2.24) is 9.97 Å².